The highest BCUT2D eigenvalue weighted by molar-refractivity contribution is 5.95. The van der Waals surface area contributed by atoms with Crippen LogP contribution in [-0.4, -0.2) is 50.0 Å². The lowest BCUT2D eigenvalue weighted by Gasteiger charge is -2.07. The molecule has 1 aromatic carbocycles. The zero-order chi connectivity index (χ0) is 18.9. The van der Waals surface area contributed by atoms with Crippen molar-refractivity contribution in [2.45, 2.75) is 13.0 Å². The second-order valence-corrected chi connectivity index (χ2v) is 6.19. The van der Waals surface area contributed by atoms with Crippen LogP contribution in [0.1, 0.15) is 33.0 Å². The van der Waals surface area contributed by atoms with Crippen LogP contribution in [-0.2, 0) is 20.8 Å². The fourth-order valence-corrected chi connectivity index (χ4v) is 2.58. The summed E-state index contributed by atoms with van der Waals surface area (Å²) in [6.07, 6.45) is 0.920. The maximum atomic E-state index is 12.0. The minimum Gasteiger partial charge on any atom is -0.457 e. The highest BCUT2D eigenvalue weighted by Crippen LogP contribution is 2.11. The molecule has 3 rings (SSSR count). The molecule has 1 aliphatic rings. The van der Waals surface area contributed by atoms with E-state index in [1.165, 1.54) is 6.07 Å². The number of nitrogens with zero attached hydrogens (tertiary/aromatic N) is 1. The number of aromatic nitrogens is 1. The van der Waals surface area contributed by atoms with E-state index in [-0.39, 0.29) is 24.7 Å². The normalized spacial score (nSPS) is 16.2. The molecule has 2 heterocycles. The molecule has 8 nitrogen and oxygen atoms in total. The molecule has 1 aliphatic heterocycles. The summed E-state index contributed by atoms with van der Waals surface area (Å²) in [5.74, 6) is -0.890. The molecule has 1 N–H and O–H groups in total. The predicted molar refractivity (Wildman–Crippen MR) is 94.1 cm³/mol. The largest absolute Gasteiger partial charge is 0.457 e. The van der Waals surface area contributed by atoms with Gasteiger partial charge in [0, 0.05) is 25.1 Å². The van der Waals surface area contributed by atoms with Crippen LogP contribution in [0.15, 0.2) is 40.9 Å². The van der Waals surface area contributed by atoms with E-state index in [0.717, 1.165) is 18.6 Å². The summed E-state index contributed by atoms with van der Waals surface area (Å²) in [4.78, 5) is 23.9. The molecule has 8 heteroatoms. The van der Waals surface area contributed by atoms with Crippen LogP contribution in [0.25, 0.3) is 0 Å². The summed E-state index contributed by atoms with van der Waals surface area (Å²) in [7, 11) is 0. The standard InChI is InChI=1S/C19H22N2O6/c22-18(20-11-15-6-7-24-13-15)16-10-17(27-21-16)19(23)26-9-8-25-12-14-4-2-1-3-5-14/h1-5,10,15H,6-9,11-13H2,(H,20,22). The van der Waals surface area contributed by atoms with E-state index in [2.05, 4.69) is 10.5 Å². The minimum atomic E-state index is -0.686. The molecule has 1 amide bonds. The molecule has 1 unspecified atom stereocenters. The smallest absolute Gasteiger partial charge is 0.377 e. The Balaban J connectivity index is 1.35. The van der Waals surface area contributed by atoms with Crippen molar-refractivity contribution >= 4 is 11.9 Å². The van der Waals surface area contributed by atoms with E-state index in [9.17, 15) is 9.59 Å². The number of amides is 1. The molecule has 1 fully saturated rings. The van der Waals surface area contributed by atoms with Crippen molar-refractivity contribution in [3.8, 4) is 0 Å². The Bertz CT molecular complexity index is 740. The monoisotopic (exact) mass is 374 g/mol. The van der Waals surface area contributed by atoms with Crippen LogP contribution in [0.2, 0.25) is 0 Å². The van der Waals surface area contributed by atoms with Crippen LogP contribution < -0.4 is 5.32 Å². The van der Waals surface area contributed by atoms with Crippen LogP contribution in [0.4, 0.5) is 0 Å². The van der Waals surface area contributed by atoms with Crippen molar-refractivity contribution in [3.63, 3.8) is 0 Å². The van der Waals surface area contributed by atoms with Crippen molar-refractivity contribution in [2.75, 3.05) is 33.0 Å². The van der Waals surface area contributed by atoms with Gasteiger partial charge in [-0.2, -0.15) is 0 Å². The summed E-state index contributed by atoms with van der Waals surface area (Å²) >= 11 is 0. The van der Waals surface area contributed by atoms with E-state index >= 15 is 0 Å². The second kappa shape index (κ2) is 9.84. The number of ether oxygens (including phenoxy) is 3. The highest BCUT2D eigenvalue weighted by Gasteiger charge is 2.21. The molecule has 2 aromatic rings. The van der Waals surface area contributed by atoms with Crippen molar-refractivity contribution < 1.29 is 28.3 Å². The van der Waals surface area contributed by atoms with Gasteiger partial charge in [0.05, 0.1) is 19.8 Å². The number of rotatable bonds is 9. The lowest BCUT2D eigenvalue weighted by Crippen LogP contribution is -2.29. The summed E-state index contributed by atoms with van der Waals surface area (Å²) in [6, 6.07) is 11.0. The third-order valence-corrected chi connectivity index (χ3v) is 4.09. The second-order valence-electron chi connectivity index (χ2n) is 6.19. The zero-order valence-electron chi connectivity index (χ0n) is 14.9. The predicted octanol–water partition coefficient (Wildman–Crippen LogP) is 1.81. The molecule has 1 saturated heterocycles. The Kier molecular flexibility index (Phi) is 6.95. The molecule has 0 radical (unpaired) electrons. The van der Waals surface area contributed by atoms with Gasteiger partial charge in [0.15, 0.2) is 5.69 Å². The van der Waals surface area contributed by atoms with Crippen molar-refractivity contribution in [2.24, 2.45) is 5.92 Å². The summed E-state index contributed by atoms with van der Waals surface area (Å²) in [5.41, 5.74) is 1.08. The first kappa shape index (κ1) is 19.1. The molecule has 144 valence electrons. The lowest BCUT2D eigenvalue weighted by atomic mass is 10.1. The first-order chi connectivity index (χ1) is 13.2. The average Bonchev–Trinajstić information content (AvgIpc) is 3.38. The molecule has 0 saturated carbocycles. The van der Waals surface area contributed by atoms with Crippen molar-refractivity contribution in [1.82, 2.24) is 10.5 Å². The topological polar surface area (TPSA) is 99.9 Å². The van der Waals surface area contributed by atoms with E-state index in [0.29, 0.717) is 25.7 Å². The maximum Gasteiger partial charge on any atom is 0.377 e. The van der Waals surface area contributed by atoms with Gasteiger partial charge in [-0.3, -0.25) is 4.79 Å². The molecular weight excluding hydrogens is 352 g/mol. The SMILES string of the molecule is O=C(NCC1CCOC1)c1cc(C(=O)OCCOCc2ccccc2)on1. The summed E-state index contributed by atoms with van der Waals surface area (Å²) in [5, 5.41) is 6.37. The zero-order valence-corrected chi connectivity index (χ0v) is 14.9. The lowest BCUT2D eigenvalue weighted by molar-refractivity contribution is 0.0252. The average molecular weight is 374 g/mol. The fourth-order valence-electron chi connectivity index (χ4n) is 2.58. The molecule has 0 bridgehead atoms. The van der Waals surface area contributed by atoms with Crippen LogP contribution in [0.5, 0.6) is 0 Å². The van der Waals surface area contributed by atoms with Gasteiger partial charge in [-0.15, -0.1) is 0 Å². The van der Waals surface area contributed by atoms with Gasteiger partial charge in [-0.05, 0) is 12.0 Å². The Morgan fingerprint density at radius 2 is 2.07 bits per heavy atom. The number of carbonyl (C=O) groups is 2. The Morgan fingerprint density at radius 3 is 2.85 bits per heavy atom. The van der Waals surface area contributed by atoms with E-state index in [4.69, 9.17) is 18.7 Å². The van der Waals surface area contributed by atoms with E-state index in [1.54, 1.807) is 0 Å². The van der Waals surface area contributed by atoms with Crippen molar-refractivity contribution in [3.05, 3.63) is 53.4 Å². The first-order valence-electron chi connectivity index (χ1n) is 8.84. The van der Waals surface area contributed by atoms with Crippen LogP contribution in [0, 0.1) is 5.92 Å². The van der Waals surface area contributed by atoms with Crippen LogP contribution >= 0.6 is 0 Å². The Labute approximate surface area is 156 Å². The number of benzene rings is 1. The maximum absolute atomic E-state index is 12.0. The Hall–Kier alpha value is -2.71. The van der Waals surface area contributed by atoms with Gasteiger partial charge in [-0.1, -0.05) is 35.5 Å². The highest BCUT2D eigenvalue weighted by atomic mass is 16.6. The molecule has 0 spiro atoms. The number of carbonyl (C=O) groups excluding carboxylic acids is 2. The van der Waals surface area contributed by atoms with E-state index < -0.39 is 11.9 Å². The van der Waals surface area contributed by atoms with E-state index in [1.807, 2.05) is 30.3 Å². The van der Waals surface area contributed by atoms with Gasteiger partial charge in [0.2, 0.25) is 5.76 Å². The molecule has 1 atom stereocenters. The van der Waals surface area contributed by atoms with Gasteiger partial charge >= 0.3 is 5.97 Å². The van der Waals surface area contributed by atoms with Crippen LogP contribution in [0.3, 0.4) is 0 Å². The molecular formula is C19H22N2O6. The molecule has 1 aromatic heterocycles. The van der Waals surface area contributed by atoms with Gasteiger partial charge in [0.1, 0.15) is 6.61 Å². The quantitative estimate of drug-likeness (QED) is 0.528. The van der Waals surface area contributed by atoms with Gasteiger partial charge < -0.3 is 24.1 Å². The Morgan fingerprint density at radius 1 is 1.22 bits per heavy atom. The molecule has 27 heavy (non-hydrogen) atoms. The number of hydrogen-bond donors (Lipinski definition) is 1. The number of hydrogen-bond acceptors (Lipinski definition) is 7. The number of nitrogens with one attached hydrogen (secondary N) is 1. The third-order valence-electron chi connectivity index (χ3n) is 4.09. The first-order valence-corrected chi connectivity index (χ1v) is 8.84. The summed E-state index contributed by atoms with van der Waals surface area (Å²) < 4.78 is 20.6. The number of esters is 1. The molecule has 0 aliphatic carbocycles. The van der Waals surface area contributed by atoms with Crippen molar-refractivity contribution in [1.29, 1.82) is 0 Å². The minimum absolute atomic E-state index is 0.0428. The van der Waals surface area contributed by atoms with Gasteiger partial charge in [0.25, 0.3) is 5.91 Å². The third kappa shape index (κ3) is 5.90. The summed E-state index contributed by atoms with van der Waals surface area (Å²) in [6.45, 7) is 2.64. The van der Waals surface area contributed by atoms with Gasteiger partial charge in [-0.25, -0.2) is 4.79 Å². The fraction of sp³-hybridized carbons (Fsp3) is 0.421.